The van der Waals surface area contributed by atoms with E-state index in [0.29, 0.717) is 12.3 Å². The predicted octanol–water partition coefficient (Wildman–Crippen LogP) is 3.19. The topological polar surface area (TPSA) is 20.3 Å². The number of hydrogen-bond donors (Lipinski definition) is 0. The lowest BCUT2D eigenvalue weighted by atomic mass is 9.98. The Hall–Kier alpha value is -1.31. The fourth-order valence-electron chi connectivity index (χ4n) is 2.54. The van der Waals surface area contributed by atoms with Crippen LogP contribution < -0.4 is 0 Å². The zero-order valence-corrected chi connectivity index (χ0v) is 11.5. The molecule has 2 rings (SSSR count). The van der Waals surface area contributed by atoms with Crippen LogP contribution in [0.5, 0.6) is 0 Å². The Labute approximate surface area is 110 Å². The maximum Gasteiger partial charge on any atom is 0.222 e. The van der Waals surface area contributed by atoms with Gasteiger partial charge in [0, 0.05) is 19.5 Å². The molecule has 0 bridgehead atoms. The van der Waals surface area contributed by atoms with Crippen LogP contribution in [0.4, 0.5) is 0 Å². The molecule has 1 aromatic rings. The van der Waals surface area contributed by atoms with Gasteiger partial charge in [0.05, 0.1) is 0 Å². The second-order valence-electron chi connectivity index (χ2n) is 5.55. The van der Waals surface area contributed by atoms with E-state index in [1.807, 2.05) is 4.90 Å². The van der Waals surface area contributed by atoms with Crippen molar-refractivity contribution in [2.24, 2.45) is 5.92 Å². The highest BCUT2D eigenvalue weighted by Crippen LogP contribution is 2.17. The zero-order chi connectivity index (χ0) is 13.0. The molecule has 1 aromatic carbocycles. The van der Waals surface area contributed by atoms with Gasteiger partial charge in [0.2, 0.25) is 5.91 Å². The van der Waals surface area contributed by atoms with E-state index in [-0.39, 0.29) is 0 Å². The van der Waals surface area contributed by atoms with E-state index >= 15 is 0 Å². The Morgan fingerprint density at radius 2 is 2.06 bits per heavy atom. The number of piperidine rings is 1. The van der Waals surface area contributed by atoms with Gasteiger partial charge in [-0.05, 0) is 37.7 Å². The minimum Gasteiger partial charge on any atom is -0.343 e. The molecule has 1 aliphatic heterocycles. The van der Waals surface area contributed by atoms with Crippen molar-refractivity contribution in [3.8, 4) is 0 Å². The molecule has 1 fully saturated rings. The predicted molar refractivity (Wildman–Crippen MR) is 74.5 cm³/mol. The fourth-order valence-corrected chi connectivity index (χ4v) is 2.54. The second-order valence-corrected chi connectivity index (χ2v) is 5.55. The first-order chi connectivity index (χ1) is 8.65. The van der Waals surface area contributed by atoms with Crippen LogP contribution in [0.1, 0.15) is 37.3 Å². The van der Waals surface area contributed by atoms with Crippen LogP contribution in [0.2, 0.25) is 0 Å². The summed E-state index contributed by atoms with van der Waals surface area (Å²) in [6, 6.07) is 8.44. The molecule has 0 saturated carbocycles. The number of likely N-dealkylation sites (tertiary alicyclic amines) is 1. The summed E-state index contributed by atoms with van der Waals surface area (Å²) in [5.74, 6) is 1.11. The number of nitrogens with zero attached hydrogens (tertiary/aromatic N) is 1. The molecule has 0 aliphatic carbocycles. The van der Waals surface area contributed by atoms with E-state index in [0.717, 1.165) is 38.3 Å². The van der Waals surface area contributed by atoms with Crippen molar-refractivity contribution in [3.63, 3.8) is 0 Å². The molecule has 18 heavy (non-hydrogen) atoms. The Morgan fingerprint density at radius 1 is 1.33 bits per heavy atom. The summed E-state index contributed by atoms with van der Waals surface area (Å²) in [6.45, 7) is 6.27. The lowest BCUT2D eigenvalue weighted by molar-refractivity contribution is -0.132. The summed E-state index contributed by atoms with van der Waals surface area (Å²) in [6.07, 6.45) is 3.84. The minimum absolute atomic E-state index is 0.323. The van der Waals surface area contributed by atoms with Crippen molar-refractivity contribution in [2.75, 3.05) is 13.1 Å². The standard InChI is InChI=1S/C16H23NO/c1-13-8-10-17(11-9-13)16(18)7-6-15-5-3-4-14(2)12-15/h3-5,12-13H,6-11H2,1-2H3. The Bertz CT molecular complexity index is 405. The normalized spacial score (nSPS) is 16.9. The minimum atomic E-state index is 0.323. The Balaban J connectivity index is 1.81. The summed E-state index contributed by atoms with van der Waals surface area (Å²) in [5, 5.41) is 0. The number of amides is 1. The van der Waals surface area contributed by atoms with Crippen LogP contribution in [0.3, 0.4) is 0 Å². The van der Waals surface area contributed by atoms with E-state index < -0.39 is 0 Å². The molecule has 2 heteroatoms. The molecule has 1 heterocycles. The number of carbonyl (C=O) groups excluding carboxylic acids is 1. The molecule has 0 atom stereocenters. The molecule has 98 valence electrons. The van der Waals surface area contributed by atoms with Crippen LogP contribution >= 0.6 is 0 Å². The summed E-state index contributed by atoms with van der Waals surface area (Å²) < 4.78 is 0. The van der Waals surface area contributed by atoms with E-state index in [4.69, 9.17) is 0 Å². The average molecular weight is 245 g/mol. The van der Waals surface area contributed by atoms with Gasteiger partial charge in [0.15, 0.2) is 0 Å². The van der Waals surface area contributed by atoms with Crippen LogP contribution in [-0.2, 0) is 11.2 Å². The van der Waals surface area contributed by atoms with E-state index in [1.165, 1.54) is 11.1 Å². The maximum atomic E-state index is 12.1. The fraction of sp³-hybridized carbons (Fsp3) is 0.562. The summed E-state index contributed by atoms with van der Waals surface area (Å²) in [5.41, 5.74) is 2.54. The number of benzene rings is 1. The van der Waals surface area contributed by atoms with Crippen LogP contribution in [-0.4, -0.2) is 23.9 Å². The molecule has 2 nitrogen and oxygen atoms in total. The molecule has 0 radical (unpaired) electrons. The lowest BCUT2D eigenvalue weighted by Gasteiger charge is -2.30. The van der Waals surface area contributed by atoms with Gasteiger partial charge in [-0.25, -0.2) is 0 Å². The molecule has 0 unspecified atom stereocenters. The van der Waals surface area contributed by atoms with Gasteiger partial charge in [0.25, 0.3) is 0 Å². The van der Waals surface area contributed by atoms with Crippen molar-refractivity contribution in [3.05, 3.63) is 35.4 Å². The third-order valence-electron chi connectivity index (χ3n) is 3.85. The van der Waals surface area contributed by atoms with Gasteiger partial charge in [0.1, 0.15) is 0 Å². The highest BCUT2D eigenvalue weighted by Gasteiger charge is 2.19. The van der Waals surface area contributed by atoms with Gasteiger partial charge in [-0.1, -0.05) is 36.8 Å². The van der Waals surface area contributed by atoms with Crippen molar-refractivity contribution in [2.45, 2.75) is 39.5 Å². The second kappa shape index (κ2) is 6.03. The van der Waals surface area contributed by atoms with Crippen LogP contribution in [0.15, 0.2) is 24.3 Å². The highest BCUT2D eigenvalue weighted by atomic mass is 16.2. The molecule has 0 spiro atoms. The lowest BCUT2D eigenvalue weighted by Crippen LogP contribution is -2.37. The maximum absolute atomic E-state index is 12.1. The number of rotatable bonds is 3. The molecule has 1 amide bonds. The van der Waals surface area contributed by atoms with Crippen LogP contribution in [0.25, 0.3) is 0 Å². The van der Waals surface area contributed by atoms with Crippen molar-refractivity contribution in [1.29, 1.82) is 0 Å². The van der Waals surface area contributed by atoms with Crippen molar-refractivity contribution >= 4 is 5.91 Å². The smallest absolute Gasteiger partial charge is 0.222 e. The summed E-state index contributed by atoms with van der Waals surface area (Å²) in [4.78, 5) is 14.1. The van der Waals surface area contributed by atoms with Gasteiger partial charge in [-0.3, -0.25) is 4.79 Å². The molecular formula is C16H23NO. The average Bonchev–Trinajstić information content (AvgIpc) is 2.37. The number of carbonyl (C=O) groups is 1. The molecule has 0 N–H and O–H groups in total. The van der Waals surface area contributed by atoms with E-state index in [9.17, 15) is 4.79 Å². The quantitative estimate of drug-likeness (QED) is 0.801. The summed E-state index contributed by atoms with van der Waals surface area (Å²) in [7, 11) is 0. The molecule has 1 aliphatic rings. The van der Waals surface area contributed by atoms with Crippen molar-refractivity contribution in [1.82, 2.24) is 4.90 Å². The highest BCUT2D eigenvalue weighted by molar-refractivity contribution is 5.76. The van der Waals surface area contributed by atoms with Gasteiger partial charge >= 0.3 is 0 Å². The van der Waals surface area contributed by atoms with Crippen molar-refractivity contribution < 1.29 is 4.79 Å². The first-order valence-corrected chi connectivity index (χ1v) is 6.98. The SMILES string of the molecule is Cc1cccc(CCC(=O)N2CCC(C)CC2)c1. The zero-order valence-electron chi connectivity index (χ0n) is 11.5. The largest absolute Gasteiger partial charge is 0.343 e. The van der Waals surface area contributed by atoms with Gasteiger partial charge in [-0.2, -0.15) is 0 Å². The number of aryl methyl sites for hydroxylation is 2. The molecule has 1 saturated heterocycles. The molecule has 0 aromatic heterocycles. The summed E-state index contributed by atoms with van der Waals surface area (Å²) >= 11 is 0. The first kappa shape index (κ1) is 13.1. The molecular weight excluding hydrogens is 222 g/mol. The van der Waals surface area contributed by atoms with E-state index in [1.54, 1.807) is 0 Å². The Morgan fingerprint density at radius 3 is 2.72 bits per heavy atom. The number of hydrogen-bond acceptors (Lipinski definition) is 1. The van der Waals surface area contributed by atoms with Gasteiger partial charge < -0.3 is 4.90 Å². The first-order valence-electron chi connectivity index (χ1n) is 6.98. The van der Waals surface area contributed by atoms with Gasteiger partial charge in [-0.15, -0.1) is 0 Å². The third-order valence-corrected chi connectivity index (χ3v) is 3.85. The van der Waals surface area contributed by atoms with Crippen LogP contribution in [0, 0.1) is 12.8 Å². The Kier molecular flexibility index (Phi) is 4.40. The van der Waals surface area contributed by atoms with E-state index in [2.05, 4.69) is 38.1 Å². The monoisotopic (exact) mass is 245 g/mol. The third kappa shape index (κ3) is 3.59.